The highest BCUT2D eigenvalue weighted by Crippen LogP contribution is 2.35. The van der Waals surface area contributed by atoms with Gasteiger partial charge < -0.3 is 4.74 Å². The molecular weight excluding hydrogens is 323 g/mol. The second-order valence-electron chi connectivity index (χ2n) is 3.22. The Hall–Kier alpha value is -0.740. The molecule has 2 aromatic rings. The molecule has 2 rings (SSSR count). The van der Waals surface area contributed by atoms with Gasteiger partial charge in [0.2, 0.25) is 5.88 Å². The maximum absolute atomic E-state index is 12.9. The average molecular weight is 327 g/mol. The molecule has 18 heavy (non-hydrogen) atoms. The molecule has 2 nitrogen and oxygen atoms in total. The van der Waals surface area contributed by atoms with E-state index in [-0.39, 0.29) is 31.9 Å². The summed E-state index contributed by atoms with van der Waals surface area (Å²) in [6, 6.07) is 5.07. The van der Waals surface area contributed by atoms with Gasteiger partial charge in [-0.15, -0.1) is 0 Å². The molecule has 0 fully saturated rings. The van der Waals surface area contributed by atoms with Crippen LogP contribution in [0.2, 0.25) is 20.2 Å². The predicted octanol–water partition coefficient (Wildman–Crippen LogP) is 5.63. The Morgan fingerprint density at radius 2 is 1.67 bits per heavy atom. The van der Waals surface area contributed by atoms with E-state index in [0.717, 1.165) is 6.07 Å². The molecule has 7 heteroatoms. The largest absolute Gasteiger partial charge is 0.436 e. The molecule has 1 aromatic carbocycles. The maximum Gasteiger partial charge on any atom is 0.239 e. The fourth-order valence-electron chi connectivity index (χ4n) is 1.16. The summed E-state index contributed by atoms with van der Waals surface area (Å²) in [4.78, 5) is 3.86. The van der Waals surface area contributed by atoms with E-state index >= 15 is 0 Å². The molecular formula is C11H4Cl4FNO. The third-order valence-corrected chi connectivity index (χ3v) is 3.19. The van der Waals surface area contributed by atoms with Gasteiger partial charge in [-0.05, 0) is 24.3 Å². The van der Waals surface area contributed by atoms with Gasteiger partial charge >= 0.3 is 0 Å². The van der Waals surface area contributed by atoms with Gasteiger partial charge in [0.05, 0.1) is 10.0 Å². The van der Waals surface area contributed by atoms with Crippen molar-refractivity contribution in [3.8, 4) is 11.6 Å². The summed E-state index contributed by atoms with van der Waals surface area (Å²) in [5.41, 5.74) is 0. The molecule has 0 aliphatic carbocycles. The minimum atomic E-state index is -0.472. The van der Waals surface area contributed by atoms with Crippen LogP contribution in [0.5, 0.6) is 11.6 Å². The van der Waals surface area contributed by atoms with Crippen LogP contribution in [0.25, 0.3) is 0 Å². The van der Waals surface area contributed by atoms with E-state index in [1.807, 2.05) is 0 Å². The van der Waals surface area contributed by atoms with Crippen molar-refractivity contribution in [3.05, 3.63) is 50.3 Å². The van der Waals surface area contributed by atoms with Crippen molar-refractivity contribution in [3.63, 3.8) is 0 Å². The zero-order chi connectivity index (χ0) is 13.3. The number of halogens is 5. The quantitative estimate of drug-likeness (QED) is 0.667. The number of benzene rings is 1. The average Bonchev–Trinajstić information content (AvgIpc) is 2.29. The second kappa shape index (κ2) is 5.49. The second-order valence-corrected chi connectivity index (χ2v) is 4.80. The van der Waals surface area contributed by atoms with Crippen LogP contribution in [0.3, 0.4) is 0 Å². The molecule has 1 aromatic heterocycles. The predicted molar refractivity (Wildman–Crippen MR) is 70.8 cm³/mol. The van der Waals surface area contributed by atoms with Crippen molar-refractivity contribution in [1.29, 1.82) is 0 Å². The van der Waals surface area contributed by atoms with Gasteiger partial charge in [0.1, 0.15) is 16.6 Å². The molecule has 0 amide bonds. The molecule has 0 aliphatic rings. The Balaban J connectivity index is 2.37. The maximum atomic E-state index is 12.9. The minimum Gasteiger partial charge on any atom is -0.436 e. The van der Waals surface area contributed by atoms with E-state index in [9.17, 15) is 4.39 Å². The summed E-state index contributed by atoms with van der Waals surface area (Å²) in [5.74, 6) is -0.217. The van der Waals surface area contributed by atoms with Crippen molar-refractivity contribution >= 4 is 46.4 Å². The number of pyridine rings is 1. The molecule has 1 heterocycles. The van der Waals surface area contributed by atoms with E-state index in [0.29, 0.717) is 0 Å². The topological polar surface area (TPSA) is 22.1 Å². The number of rotatable bonds is 2. The SMILES string of the molecule is Fc1ccc(Oc2nc(Cl)c(Cl)cc2Cl)c(Cl)c1. The Bertz CT molecular complexity index is 606. The zero-order valence-corrected chi connectivity index (χ0v) is 11.6. The van der Waals surface area contributed by atoms with E-state index in [1.54, 1.807) is 0 Å². The van der Waals surface area contributed by atoms with Gasteiger partial charge in [-0.25, -0.2) is 4.39 Å². The molecule has 0 N–H and O–H groups in total. The lowest BCUT2D eigenvalue weighted by atomic mass is 10.3. The van der Waals surface area contributed by atoms with Gasteiger partial charge in [0.25, 0.3) is 0 Å². The van der Waals surface area contributed by atoms with Gasteiger partial charge in [-0.1, -0.05) is 46.4 Å². The number of nitrogens with zero attached hydrogens (tertiary/aromatic N) is 1. The number of aromatic nitrogens is 1. The molecule has 0 unspecified atom stereocenters. The molecule has 0 bridgehead atoms. The highest BCUT2D eigenvalue weighted by Gasteiger charge is 2.12. The number of ether oxygens (including phenoxy) is 1. The molecule has 0 aliphatic heterocycles. The lowest BCUT2D eigenvalue weighted by molar-refractivity contribution is 0.462. The van der Waals surface area contributed by atoms with Crippen LogP contribution >= 0.6 is 46.4 Å². The van der Waals surface area contributed by atoms with Crippen molar-refractivity contribution in [2.75, 3.05) is 0 Å². The van der Waals surface area contributed by atoms with Crippen molar-refractivity contribution in [2.45, 2.75) is 0 Å². The van der Waals surface area contributed by atoms with Crippen LogP contribution in [0.15, 0.2) is 24.3 Å². The molecule has 0 radical (unpaired) electrons. The Morgan fingerprint density at radius 3 is 2.33 bits per heavy atom. The normalized spacial score (nSPS) is 10.5. The van der Waals surface area contributed by atoms with E-state index < -0.39 is 5.82 Å². The monoisotopic (exact) mass is 325 g/mol. The summed E-state index contributed by atoms with van der Waals surface area (Å²) in [6.07, 6.45) is 0. The summed E-state index contributed by atoms with van der Waals surface area (Å²) in [5, 5.41) is 0.525. The molecule has 94 valence electrons. The first-order valence-electron chi connectivity index (χ1n) is 4.62. The summed E-state index contributed by atoms with van der Waals surface area (Å²) < 4.78 is 18.2. The van der Waals surface area contributed by atoms with Crippen LogP contribution < -0.4 is 4.74 Å². The van der Waals surface area contributed by atoms with E-state index in [1.165, 1.54) is 18.2 Å². The van der Waals surface area contributed by atoms with E-state index in [2.05, 4.69) is 4.98 Å². The fraction of sp³-hybridized carbons (Fsp3) is 0. The van der Waals surface area contributed by atoms with Gasteiger partial charge in [0.15, 0.2) is 5.15 Å². The zero-order valence-electron chi connectivity index (χ0n) is 8.55. The lowest BCUT2D eigenvalue weighted by Gasteiger charge is -2.09. The van der Waals surface area contributed by atoms with Crippen molar-refractivity contribution in [2.24, 2.45) is 0 Å². The Kier molecular flexibility index (Phi) is 4.17. The molecule has 0 saturated carbocycles. The van der Waals surface area contributed by atoms with Gasteiger partial charge in [0, 0.05) is 0 Å². The lowest BCUT2D eigenvalue weighted by Crippen LogP contribution is -1.91. The first-order chi connectivity index (χ1) is 8.47. The third-order valence-electron chi connectivity index (χ3n) is 1.96. The number of hydrogen-bond donors (Lipinski definition) is 0. The Morgan fingerprint density at radius 1 is 0.944 bits per heavy atom. The standard InChI is InChI=1S/C11H4Cl4FNO/c12-6-3-5(16)1-2-9(6)18-11-8(14)4-7(13)10(15)17-11/h1-4H. The third kappa shape index (κ3) is 2.98. The Labute approximate surface area is 122 Å². The highest BCUT2D eigenvalue weighted by molar-refractivity contribution is 6.42. The van der Waals surface area contributed by atoms with Gasteiger partial charge in [-0.3, -0.25) is 0 Å². The first-order valence-corrected chi connectivity index (χ1v) is 6.13. The molecule has 0 atom stereocenters. The summed E-state index contributed by atoms with van der Waals surface area (Å²) in [6.45, 7) is 0. The van der Waals surface area contributed by atoms with Crippen LogP contribution in [0.4, 0.5) is 4.39 Å². The van der Waals surface area contributed by atoms with Crippen LogP contribution in [0.1, 0.15) is 0 Å². The highest BCUT2D eigenvalue weighted by atomic mass is 35.5. The fourth-order valence-corrected chi connectivity index (χ4v) is 1.90. The summed E-state index contributed by atoms with van der Waals surface area (Å²) >= 11 is 23.2. The van der Waals surface area contributed by atoms with Crippen LogP contribution in [-0.4, -0.2) is 4.98 Å². The minimum absolute atomic E-state index is 0.0413. The van der Waals surface area contributed by atoms with Crippen LogP contribution in [0, 0.1) is 5.82 Å². The van der Waals surface area contributed by atoms with Crippen molar-refractivity contribution in [1.82, 2.24) is 4.98 Å². The number of hydrogen-bond acceptors (Lipinski definition) is 2. The van der Waals surface area contributed by atoms with Crippen molar-refractivity contribution < 1.29 is 9.13 Å². The summed E-state index contributed by atoms with van der Waals surface area (Å²) in [7, 11) is 0. The molecule has 0 spiro atoms. The van der Waals surface area contributed by atoms with Crippen LogP contribution in [-0.2, 0) is 0 Å². The van der Waals surface area contributed by atoms with E-state index in [4.69, 9.17) is 51.1 Å². The molecule has 0 saturated heterocycles. The first kappa shape index (κ1) is 13.7. The van der Waals surface area contributed by atoms with Gasteiger partial charge in [-0.2, -0.15) is 4.98 Å². The smallest absolute Gasteiger partial charge is 0.239 e.